The molecular formula is C26H38O4. The summed E-state index contributed by atoms with van der Waals surface area (Å²) >= 11 is 0. The zero-order chi connectivity index (χ0) is 22.6. The normalized spacial score (nSPS) is 21.2. The second-order valence-corrected chi connectivity index (χ2v) is 9.42. The third kappa shape index (κ3) is 5.27. The van der Waals surface area contributed by atoms with Gasteiger partial charge in [-0.15, -0.1) is 0 Å². The maximum absolute atomic E-state index is 13.1. The lowest BCUT2D eigenvalue weighted by molar-refractivity contribution is 0.00179. The third-order valence-corrected chi connectivity index (χ3v) is 6.30. The van der Waals surface area contributed by atoms with Crippen LogP contribution in [0.25, 0.3) is 0 Å². The maximum atomic E-state index is 13.1. The van der Waals surface area contributed by atoms with Gasteiger partial charge < -0.3 is 14.9 Å². The van der Waals surface area contributed by atoms with Gasteiger partial charge in [0.2, 0.25) is 0 Å². The van der Waals surface area contributed by atoms with Crippen molar-refractivity contribution >= 4 is 5.78 Å². The van der Waals surface area contributed by atoms with Crippen molar-refractivity contribution in [1.29, 1.82) is 0 Å². The van der Waals surface area contributed by atoms with E-state index >= 15 is 0 Å². The number of allylic oxidation sites excluding steroid dienone is 4. The highest BCUT2D eigenvalue weighted by Gasteiger charge is 2.43. The van der Waals surface area contributed by atoms with Gasteiger partial charge in [0.1, 0.15) is 28.4 Å². The second kappa shape index (κ2) is 9.72. The number of Topliss-reactive ketones (excluding diaryl/α,β-unsaturated/α-hetero) is 1. The number of rotatable bonds is 8. The van der Waals surface area contributed by atoms with Gasteiger partial charge in [0.15, 0.2) is 5.78 Å². The van der Waals surface area contributed by atoms with E-state index in [-0.39, 0.29) is 34.7 Å². The standard InChI is InChI=1S/C26H38O4/c1-8-18(6)24(29)23-22(28)15-21(27)20-14-19(12-11-17(4)5)26(7,30-25(20)23)13-9-10-16(2)3/h10-11,15,18-19,27-28H,8-9,12-14H2,1-7H3/t18?,19-,26+/m0/s1. The highest BCUT2D eigenvalue weighted by Crippen LogP contribution is 2.49. The van der Waals surface area contributed by atoms with Crippen LogP contribution in [0.2, 0.25) is 0 Å². The minimum atomic E-state index is -0.504. The summed E-state index contributed by atoms with van der Waals surface area (Å²) in [7, 11) is 0. The smallest absolute Gasteiger partial charge is 0.173 e. The van der Waals surface area contributed by atoms with Crippen LogP contribution in [-0.4, -0.2) is 21.6 Å². The molecule has 2 rings (SSSR count). The highest BCUT2D eigenvalue weighted by molar-refractivity contribution is 6.03. The molecule has 0 amide bonds. The molecule has 0 fully saturated rings. The van der Waals surface area contributed by atoms with Gasteiger partial charge in [-0.05, 0) is 66.7 Å². The summed E-state index contributed by atoms with van der Waals surface area (Å²) < 4.78 is 6.56. The molecule has 0 saturated heterocycles. The Bertz CT molecular complexity index is 841. The van der Waals surface area contributed by atoms with Crippen LogP contribution in [-0.2, 0) is 6.42 Å². The summed E-state index contributed by atoms with van der Waals surface area (Å²) in [5.41, 5.74) is 2.85. The molecule has 0 saturated carbocycles. The van der Waals surface area contributed by atoms with Crippen molar-refractivity contribution in [2.75, 3.05) is 0 Å². The number of fused-ring (bicyclic) bond motifs is 1. The molecule has 4 heteroatoms. The molecule has 1 unspecified atom stereocenters. The minimum Gasteiger partial charge on any atom is -0.507 e. The molecule has 2 N–H and O–H groups in total. The fourth-order valence-electron chi connectivity index (χ4n) is 4.04. The van der Waals surface area contributed by atoms with Crippen LogP contribution in [0.1, 0.15) is 90.1 Å². The largest absolute Gasteiger partial charge is 0.507 e. The quantitative estimate of drug-likeness (QED) is 0.365. The van der Waals surface area contributed by atoms with Crippen molar-refractivity contribution < 1.29 is 19.7 Å². The van der Waals surface area contributed by atoms with Gasteiger partial charge in [-0.2, -0.15) is 0 Å². The summed E-state index contributed by atoms with van der Waals surface area (Å²) in [5.74, 6) is -0.0461. The zero-order valence-electron chi connectivity index (χ0n) is 19.6. The molecule has 30 heavy (non-hydrogen) atoms. The number of benzene rings is 1. The molecule has 0 radical (unpaired) electrons. The number of carbonyl (C=O) groups excluding carboxylic acids is 1. The van der Waals surface area contributed by atoms with E-state index in [1.807, 2.05) is 13.8 Å². The third-order valence-electron chi connectivity index (χ3n) is 6.30. The van der Waals surface area contributed by atoms with Crippen molar-refractivity contribution in [3.63, 3.8) is 0 Å². The van der Waals surface area contributed by atoms with Crippen LogP contribution in [0, 0.1) is 11.8 Å². The average molecular weight is 415 g/mol. The Morgan fingerprint density at radius 3 is 2.40 bits per heavy atom. The van der Waals surface area contributed by atoms with Crippen molar-refractivity contribution in [3.05, 3.63) is 40.5 Å². The second-order valence-electron chi connectivity index (χ2n) is 9.42. The first-order valence-electron chi connectivity index (χ1n) is 11.1. The first kappa shape index (κ1) is 24.0. The first-order chi connectivity index (χ1) is 14.0. The molecule has 1 aliphatic heterocycles. The Kier molecular flexibility index (Phi) is 7.79. The molecule has 0 aromatic heterocycles. The maximum Gasteiger partial charge on any atom is 0.173 e. The zero-order valence-corrected chi connectivity index (χ0v) is 19.6. The fraction of sp³-hybridized carbons (Fsp3) is 0.577. The Hall–Kier alpha value is -2.23. The SMILES string of the molecule is CCC(C)C(=O)c1c(O)cc(O)c2c1O[C@](C)(CCC=C(C)C)[C@@H](CC=C(C)C)C2. The molecule has 1 aliphatic rings. The average Bonchev–Trinajstić information content (AvgIpc) is 2.65. The van der Waals surface area contributed by atoms with Crippen molar-refractivity contribution in [2.24, 2.45) is 11.8 Å². The van der Waals surface area contributed by atoms with Crippen molar-refractivity contribution in [2.45, 2.75) is 86.2 Å². The van der Waals surface area contributed by atoms with E-state index in [0.29, 0.717) is 24.2 Å². The summed E-state index contributed by atoms with van der Waals surface area (Å²) in [6.45, 7) is 14.2. The number of phenolic OH excluding ortho intramolecular Hbond substituents is 2. The summed E-state index contributed by atoms with van der Waals surface area (Å²) in [6, 6.07) is 1.29. The van der Waals surface area contributed by atoms with Crippen LogP contribution in [0.5, 0.6) is 17.2 Å². The summed E-state index contributed by atoms with van der Waals surface area (Å²) in [4.78, 5) is 13.1. The number of aromatic hydroxyl groups is 2. The molecule has 3 atom stereocenters. The lowest BCUT2D eigenvalue weighted by Crippen LogP contribution is -2.45. The predicted molar refractivity (Wildman–Crippen MR) is 122 cm³/mol. The number of hydrogen-bond donors (Lipinski definition) is 2. The van der Waals surface area contributed by atoms with Crippen LogP contribution in [0.15, 0.2) is 29.4 Å². The molecule has 1 heterocycles. The van der Waals surface area contributed by atoms with Crippen LogP contribution in [0.4, 0.5) is 0 Å². The topological polar surface area (TPSA) is 66.8 Å². The van der Waals surface area contributed by atoms with Crippen molar-refractivity contribution in [3.8, 4) is 17.2 Å². The van der Waals surface area contributed by atoms with Crippen LogP contribution in [0.3, 0.4) is 0 Å². The van der Waals surface area contributed by atoms with Gasteiger partial charge >= 0.3 is 0 Å². The van der Waals surface area contributed by atoms with E-state index in [4.69, 9.17) is 4.74 Å². The lowest BCUT2D eigenvalue weighted by Gasteiger charge is -2.43. The Balaban J connectivity index is 2.57. The Labute approximate surface area is 181 Å². The van der Waals surface area contributed by atoms with Gasteiger partial charge in [0, 0.05) is 23.5 Å². The summed E-state index contributed by atoms with van der Waals surface area (Å²) in [6.07, 6.45) is 8.20. The summed E-state index contributed by atoms with van der Waals surface area (Å²) in [5, 5.41) is 21.1. The van der Waals surface area contributed by atoms with Gasteiger partial charge in [-0.3, -0.25) is 4.79 Å². The number of hydrogen-bond acceptors (Lipinski definition) is 4. The highest BCUT2D eigenvalue weighted by atomic mass is 16.5. The Morgan fingerprint density at radius 2 is 1.83 bits per heavy atom. The molecule has 0 bridgehead atoms. The lowest BCUT2D eigenvalue weighted by atomic mass is 9.75. The van der Waals surface area contributed by atoms with E-state index < -0.39 is 5.60 Å². The monoisotopic (exact) mass is 414 g/mol. The van der Waals surface area contributed by atoms with Gasteiger partial charge in [0.25, 0.3) is 0 Å². The van der Waals surface area contributed by atoms with E-state index in [2.05, 4.69) is 46.8 Å². The molecule has 4 nitrogen and oxygen atoms in total. The van der Waals surface area contributed by atoms with E-state index in [1.165, 1.54) is 17.2 Å². The fourth-order valence-corrected chi connectivity index (χ4v) is 4.04. The number of ether oxygens (including phenoxy) is 1. The number of phenols is 2. The number of carbonyl (C=O) groups is 1. The van der Waals surface area contributed by atoms with Crippen molar-refractivity contribution in [1.82, 2.24) is 0 Å². The number of ketones is 1. The molecule has 1 aromatic carbocycles. The van der Waals surface area contributed by atoms with E-state index in [9.17, 15) is 15.0 Å². The van der Waals surface area contributed by atoms with Gasteiger partial charge in [-0.25, -0.2) is 0 Å². The minimum absolute atomic E-state index is 0.00301. The molecule has 0 spiro atoms. The molecule has 1 aromatic rings. The van der Waals surface area contributed by atoms with Crippen LogP contribution >= 0.6 is 0 Å². The van der Waals surface area contributed by atoms with Crippen LogP contribution < -0.4 is 4.74 Å². The Morgan fingerprint density at radius 1 is 1.20 bits per heavy atom. The molecule has 0 aliphatic carbocycles. The van der Waals surface area contributed by atoms with Gasteiger partial charge in [-0.1, -0.05) is 37.1 Å². The molecular weight excluding hydrogens is 376 g/mol. The predicted octanol–water partition coefficient (Wildman–Crippen LogP) is 6.74. The van der Waals surface area contributed by atoms with Gasteiger partial charge in [0.05, 0.1) is 0 Å². The van der Waals surface area contributed by atoms with E-state index in [0.717, 1.165) is 19.3 Å². The molecule has 166 valence electrons. The first-order valence-corrected chi connectivity index (χ1v) is 11.1. The van der Waals surface area contributed by atoms with E-state index in [1.54, 1.807) is 0 Å².